The van der Waals surface area contributed by atoms with Crippen LogP contribution in [-0.2, 0) is 6.42 Å². The standard InChI is InChI=1S/C19H19FN2O3/c20-16-7-3-2-6-15(16)17(23)12-22-19(24)21-10-9-14-11-13-5-1-4-8-18(13)25-14/h1-8,11,17,23H,9-10,12H2,(H2,21,22,24). The van der Waals surface area contributed by atoms with Gasteiger partial charge in [0.05, 0.1) is 6.10 Å². The fourth-order valence-corrected chi connectivity index (χ4v) is 2.57. The number of amides is 2. The summed E-state index contributed by atoms with van der Waals surface area (Å²) in [5, 5.41) is 16.2. The molecule has 6 heteroatoms. The lowest BCUT2D eigenvalue weighted by Gasteiger charge is -2.13. The number of aliphatic hydroxyl groups excluding tert-OH is 1. The molecule has 1 heterocycles. The number of benzene rings is 2. The number of nitrogens with one attached hydrogen (secondary N) is 2. The van der Waals surface area contributed by atoms with Gasteiger partial charge in [0.15, 0.2) is 0 Å². The van der Waals surface area contributed by atoms with Gasteiger partial charge in [-0.25, -0.2) is 9.18 Å². The number of urea groups is 1. The number of hydrogen-bond donors (Lipinski definition) is 3. The Labute approximate surface area is 144 Å². The quantitative estimate of drug-likeness (QED) is 0.644. The average Bonchev–Trinajstić information content (AvgIpc) is 3.03. The minimum atomic E-state index is -1.10. The summed E-state index contributed by atoms with van der Waals surface area (Å²) in [6.45, 7) is 0.318. The fourth-order valence-electron chi connectivity index (χ4n) is 2.57. The zero-order valence-corrected chi connectivity index (χ0v) is 13.5. The van der Waals surface area contributed by atoms with Gasteiger partial charge in [-0.1, -0.05) is 36.4 Å². The van der Waals surface area contributed by atoms with Crippen molar-refractivity contribution in [1.82, 2.24) is 10.6 Å². The lowest BCUT2D eigenvalue weighted by Crippen LogP contribution is -2.38. The first kappa shape index (κ1) is 17.0. The molecule has 0 aliphatic carbocycles. The molecule has 1 aromatic heterocycles. The highest BCUT2D eigenvalue weighted by atomic mass is 19.1. The largest absolute Gasteiger partial charge is 0.461 e. The van der Waals surface area contributed by atoms with E-state index >= 15 is 0 Å². The van der Waals surface area contributed by atoms with Crippen LogP contribution >= 0.6 is 0 Å². The molecule has 0 aliphatic rings. The molecule has 25 heavy (non-hydrogen) atoms. The summed E-state index contributed by atoms with van der Waals surface area (Å²) in [5.41, 5.74) is 0.972. The number of para-hydroxylation sites is 1. The van der Waals surface area contributed by atoms with E-state index in [9.17, 15) is 14.3 Å². The van der Waals surface area contributed by atoms with Crippen LogP contribution in [0.2, 0.25) is 0 Å². The molecule has 1 unspecified atom stereocenters. The summed E-state index contributed by atoms with van der Waals surface area (Å²) >= 11 is 0. The van der Waals surface area contributed by atoms with E-state index in [0.29, 0.717) is 13.0 Å². The zero-order chi connectivity index (χ0) is 17.6. The zero-order valence-electron chi connectivity index (χ0n) is 13.5. The van der Waals surface area contributed by atoms with E-state index in [4.69, 9.17) is 4.42 Å². The van der Waals surface area contributed by atoms with Crippen molar-refractivity contribution in [2.24, 2.45) is 0 Å². The van der Waals surface area contributed by atoms with Gasteiger partial charge in [-0.15, -0.1) is 0 Å². The molecular weight excluding hydrogens is 323 g/mol. The van der Waals surface area contributed by atoms with Crippen LogP contribution in [0.4, 0.5) is 9.18 Å². The van der Waals surface area contributed by atoms with Crippen molar-refractivity contribution in [3.63, 3.8) is 0 Å². The van der Waals surface area contributed by atoms with Crippen molar-refractivity contribution in [2.45, 2.75) is 12.5 Å². The van der Waals surface area contributed by atoms with Crippen LogP contribution < -0.4 is 10.6 Å². The molecular formula is C19H19FN2O3. The number of hydrogen-bond acceptors (Lipinski definition) is 3. The SMILES string of the molecule is O=C(NCCc1cc2ccccc2o1)NCC(O)c1ccccc1F. The molecule has 0 saturated heterocycles. The second-order valence-electron chi connectivity index (χ2n) is 5.67. The van der Waals surface area contributed by atoms with Crippen LogP contribution in [0, 0.1) is 5.82 Å². The molecule has 5 nitrogen and oxygen atoms in total. The third-order valence-electron chi connectivity index (χ3n) is 3.85. The maximum absolute atomic E-state index is 13.5. The molecule has 0 fully saturated rings. The maximum Gasteiger partial charge on any atom is 0.314 e. The van der Waals surface area contributed by atoms with E-state index in [1.54, 1.807) is 12.1 Å². The van der Waals surface area contributed by atoms with E-state index in [0.717, 1.165) is 16.7 Å². The van der Waals surface area contributed by atoms with Crippen molar-refractivity contribution in [1.29, 1.82) is 0 Å². The number of fused-ring (bicyclic) bond motifs is 1. The molecule has 2 amide bonds. The first-order valence-electron chi connectivity index (χ1n) is 8.05. The number of halogens is 1. The monoisotopic (exact) mass is 342 g/mol. The number of carbonyl (C=O) groups excluding carboxylic acids is 1. The van der Waals surface area contributed by atoms with Crippen LogP contribution in [0.25, 0.3) is 11.0 Å². The lowest BCUT2D eigenvalue weighted by atomic mass is 10.1. The molecule has 0 aliphatic heterocycles. The molecule has 3 N–H and O–H groups in total. The Morgan fingerprint density at radius 2 is 1.88 bits per heavy atom. The maximum atomic E-state index is 13.5. The van der Waals surface area contributed by atoms with Crippen LogP contribution in [0.15, 0.2) is 59.0 Å². The van der Waals surface area contributed by atoms with E-state index < -0.39 is 18.0 Å². The summed E-state index contributed by atoms with van der Waals surface area (Å²) in [5.74, 6) is 0.287. The average molecular weight is 342 g/mol. The van der Waals surface area contributed by atoms with Gasteiger partial charge in [0.1, 0.15) is 17.2 Å². The van der Waals surface area contributed by atoms with Gasteiger partial charge in [-0.3, -0.25) is 0 Å². The van der Waals surface area contributed by atoms with Crippen LogP contribution in [0.5, 0.6) is 0 Å². The van der Waals surface area contributed by atoms with Gasteiger partial charge in [0.25, 0.3) is 0 Å². The lowest BCUT2D eigenvalue weighted by molar-refractivity contribution is 0.169. The Hall–Kier alpha value is -2.86. The first-order valence-corrected chi connectivity index (χ1v) is 8.05. The summed E-state index contributed by atoms with van der Waals surface area (Å²) in [6, 6.07) is 15.2. The van der Waals surface area contributed by atoms with Crippen molar-refractivity contribution in [2.75, 3.05) is 13.1 Å². The highest BCUT2D eigenvalue weighted by Crippen LogP contribution is 2.19. The van der Waals surface area contributed by atoms with Gasteiger partial charge in [0.2, 0.25) is 0 Å². The molecule has 1 atom stereocenters. The van der Waals surface area contributed by atoms with E-state index in [-0.39, 0.29) is 12.1 Å². The number of aliphatic hydroxyl groups is 1. The van der Waals surface area contributed by atoms with Crippen molar-refractivity contribution >= 4 is 17.0 Å². The predicted octanol–water partition coefficient (Wildman–Crippen LogP) is 3.15. The van der Waals surface area contributed by atoms with Crippen molar-refractivity contribution in [3.05, 3.63) is 71.7 Å². The molecule has 3 aromatic rings. The molecule has 3 rings (SSSR count). The normalized spacial score (nSPS) is 12.1. The Morgan fingerprint density at radius 3 is 2.68 bits per heavy atom. The molecule has 130 valence electrons. The van der Waals surface area contributed by atoms with Crippen LogP contribution in [-0.4, -0.2) is 24.2 Å². The van der Waals surface area contributed by atoms with Crippen LogP contribution in [0.1, 0.15) is 17.4 Å². The number of furan rings is 1. The summed E-state index contributed by atoms with van der Waals surface area (Å²) in [4.78, 5) is 11.8. The molecule has 0 saturated carbocycles. The second-order valence-corrected chi connectivity index (χ2v) is 5.67. The van der Waals surface area contributed by atoms with Crippen LogP contribution in [0.3, 0.4) is 0 Å². The molecule has 0 radical (unpaired) electrons. The second kappa shape index (κ2) is 7.81. The highest BCUT2D eigenvalue weighted by molar-refractivity contribution is 5.77. The highest BCUT2D eigenvalue weighted by Gasteiger charge is 2.13. The van der Waals surface area contributed by atoms with Crippen molar-refractivity contribution < 1.29 is 18.7 Å². The smallest absolute Gasteiger partial charge is 0.314 e. The predicted molar refractivity (Wildman–Crippen MR) is 92.7 cm³/mol. The van der Waals surface area contributed by atoms with Crippen molar-refractivity contribution in [3.8, 4) is 0 Å². The topological polar surface area (TPSA) is 74.5 Å². The molecule has 2 aromatic carbocycles. The number of rotatable bonds is 6. The third kappa shape index (κ3) is 4.36. The Bertz CT molecular complexity index is 830. The minimum Gasteiger partial charge on any atom is -0.461 e. The van der Waals surface area contributed by atoms with Gasteiger partial charge in [-0.05, 0) is 18.2 Å². The summed E-state index contributed by atoms with van der Waals surface area (Å²) in [6.07, 6.45) is -0.542. The van der Waals surface area contributed by atoms with Gasteiger partial charge < -0.3 is 20.2 Å². The Kier molecular flexibility index (Phi) is 5.30. The van der Waals surface area contributed by atoms with Gasteiger partial charge in [0, 0.05) is 30.5 Å². The Balaban J connectivity index is 1.43. The van der Waals surface area contributed by atoms with E-state index in [1.807, 2.05) is 30.3 Å². The molecule has 0 spiro atoms. The van der Waals surface area contributed by atoms with E-state index in [1.165, 1.54) is 12.1 Å². The third-order valence-corrected chi connectivity index (χ3v) is 3.85. The summed E-state index contributed by atoms with van der Waals surface area (Å²) < 4.78 is 19.2. The fraction of sp³-hybridized carbons (Fsp3) is 0.211. The van der Waals surface area contributed by atoms with E-state index in [2.05, 4.69) is 10.6 Å². The first-order chi connectivity index (χ1) is 12.1. The number of carbonyl (C=O) groups is 1. The molecule has 0 bridgehead atoms. The summed E-state index contributed by atoms with van der Waals surface area (Å²) in [7, 11) is 0. The van der Waals surface area contributed by atoms with Gasteiger partial charge >= 0.3 is 6.03 Å². The Morgan fingerprint density at radius 1 is 1.12 bits per heavy atom. The van der Waals surface area contributed by atoms with Gasteiger partial charge in [-0.2, -0.15) is 0 Å². The minimum absolute atomic E-state index is 0.0720.